The van der Waals surface area contributed by atoms with Crippen LogP contribution in [-0.4, -0.2) is 150 Å². The second-order valence-corrected chi connectivity index (χ2v) is 25.8. The van der Waals surface area contributed by atoms with Crippen LogP contribution >= 0.6 is 35.9 Å². The molecule has 8 rings (SSSR count). The standard InChI is InChI=1S/C33H40F3N3O7S.C28H32F3N3O5S.ClH/c1-18(2)28(31(42)43)45-23-7-6-19-8-9-38(17-21(19)13-23)29(41)30-39(10-11-47-30)27(40)15-22(37-32(44)46-33(3,4)5)12-20-14-25(35)26(36)16-24(20)34;1-15(2)25(28(37)38)39-20-4-3-16-5-6-33(14-18(16)10-20)26(36)27-34(7-8-40-27)24(35)12-19(32)9-17-11-22(30)23(31)13-21(17)29;/h6-7,13-14,16,18,22,28,30H,8-12,15,17H2,1-5H3,(H,37,44)(H,42,43);3-4,10-11,13,15,19,25,27H,5-9,12,14,32H2,1-2H3,(H,37,38);1H/t22-,28?,30?;19-,25?,27?;/m11./s1. The minimum Gasteiger partial charge on any atom is -0.478 e. The van der Waals surface area contributed by atoms with Crippen LogP contribution in [0.1, 0.15) is 94.7 Å². The maximum Gasteiger partial charge on any atom is 0.407 e. The molecule has 18 nitrogen and oxygen atoms in total. The first kappa shape index (κ1) is 70.2. The molecule has 480 valence electrons. The van der Waals surface area contributed by atoms with Crippen LogP contribution in [0.4, 0.5) is 31.1 Å². The number of nitrogens with zero attached hydrogens (tertiary/aromatic N) is 4. The summed E-state index contributed by atoms with van der Waals surface area (Å²) in [6.45, 7) is 14.0. The van der Waals surface area contributed by atoms with Crippen LogP contribution in [-0.2, 0) is 72.3 Å². The Kier molecular flexibility index (Phi) is 24.4. The van der Waals surface area contributed by atoms with Crippen molar-refractivity contribution in [3.05, 3.63) is 129 Å². The smallest absolute Gasteiger partial charge is 0.407 e. The van der Waals surface area contributed by atoms with Crippen molar-refractivity contribution in [2.45, 2.75) is 141 Å². The molecule has 4 aliphatic heterocycles. The predicted molar refractivity (Wildman–Crippen MR) is 318 cm³/mol. The van der Waals surface area contributed by atoms with E-state index in [-0.39, 0.29) is 91.9 Å². The van der Waals surface area contributed by atoms with Crippen molar-refractivity contribution < 1.29 is 84.3 Å². The molecule has 5 N–H and O–H groups in total. The van der Waals surface area contributed by atoms with Gasteiger partial charge in [0.1, 0.15) is 28.7 Å². The topological polar surface area (TPSA) is 239 Å². The fraction of sp³-hybridized carbons (Fsp3) is 0.492. The van der Waals surface area contributed by atoms with E-state index < -0.39 is 99.5 Å². The highest BCUT2D eigenvalue weighted by Crippen LogP contribution is 2.34. The predicted octanol–water partition coefficient (Wildman–Crippen LogP) is 8.66. The van der Waals surface area contributed by atoms with Crippen LogP contribution in [0.2, 0.25) is 0 Å². The van der Waals surface area contributed by atoms with Crippen LogP contribution in [0.25, 0.3) is 0 Å². The number of aliphatic carboxylic acids is 2. The molecule has 0 aromatic heterocycles. The summed E-state index contributed by atoms with van der Waals surface area (Å²) in [7, 11) is 0. The van der Waals surface area contributed by atoms with E-state index in [2.05, 4.69) is 5.32 Å². The van der Waals surface area contributed by atoms with E-state index in [1.165, 1.54) is 33.3 Å². The normalized spacial score (nSPS) is 17.8. The van der Waals surface area contributed by atoms with Crippen molar-refractivity contribution in [2.24, 2.45) is 17.6 Å². The summed E-state index contributed by atoms with van der Waals surface area (Å²) in [5.74, 6) is -9.26. The van der Waals surface area contributed by atoms with E-state index in [1.807, 2.05) is 12.1 Å². The van der Waals surface area contributed by atoms with Crippen molar-refractivity contribution in [1.29, 1.82) is 0 Å². The van der Waals surface area contributed by atoms with Gasteiger partial charge in [-0.05, 0) is 116 Å². The number of carbonyl (C=O) groups excluding carboxylic acids is 5. The molecule has 5 amide bonds. The lowest BCUT2D eigenvalue weighted by Crippen LogP contribution is -2.50. The maximum absolute atomic E-state index is 14.5. The largest absolute Gasteiger partial charge is 0.478 e. The van der Waals surface area contributed by atoms with E-state index >= 15 is 0 Å². The third-order valence-electron chi connectivity index (χ3n) is 14.8. The molecule has 27 heteroatoms. The third-order valence-corrected chi connectivity index (χ3v) is 17.2. The fourth-order valence-electron chi connectivity index (χ4n) is 10.4. The van der Waals surface area contributed by atoms with Gasteiger partial charge in [0.15, 0.2) is 46.2 Å². The van der Waals surface area contributed by atoms with E-state index in [4.69, 9.17) is 19.9 Å². The van der Waals surface area contributed by atoms with Crippen molar-refractivity contribution in [2.75, 3.05) is 37.7 Å². The van der Waals surface area contributed by atoms with Gasteiger partial charge in [0, 0.05) is 99.7 Å². The number of fused-ring (bicyclic) bond motifs is 2. The Morgan fingerprint density at radius 2 is 1.00 bits per heavy atom. The number of benzene rings is 4. The van der Waals surface area contributed by atoms with Gasteiger partial charge in [0.2, 0.25) is 11.8 Å². The van der Waals surface area contributed by atoms with Gasteiger partial charge in [-0.15, -0.1) is 35.9 Å². The van der Waals surface area contributed by atoms with Gasteiger partial charge >= 0.3 is 18.0 Å². The molecule has 4 aliphatic rings. The minimum absolute atomic E-state index is 0. The number of nitrogens with two attached hydrogens (primary N) is 1. The zero-order chi connectivity index (χ0) is 63.8. The number of rotatable bonds is 19. The number of ether oxygens (including phenoxy) is 3. The molecule has 0 saturated carbocycles. The maximum atomic E-state index is 14.5. The lowest BCUT2D eigenvalue weighted by atomic mass is 9.99. The van der Waals surface area contributed by atoms with E-state index in [0.717, 1.165) is 28.3 Å². The first-order valence-electron chi connectivity index (χ1n) is 28.4. The Bertz CT molecular complexity index is 3240. The van der Waals surface area contributed by atoms with E-state index in [1.54, 1.807) is 82.5 Å². The van der Waals surface area contributed by atoms with Gasteiger partial charge in [-0.3, -0.25) is 19.2 Å². The van der Waals surface area contributed by atoms with Gasteiger partial charge in [-0.25, -0.2) is 40.7 Å². The highest BCUT2D eigenvalue weighted by atomic mass is 35.5. The molecule has 0 spiro atoms. The Labute approximate surface area is 520 Å². The average molecular weight is 1300 g/mol. The number of carboxylic acid groups (broad SMARTS) is 2. The minimum atomic E-state index is -1.36. The summed E-state index contributed by atoms with van der Waals surface area (Å²) in [5, 5.41) is 19.9. The summed E-state index contributed by atoms with van der Waals surface area (Å²) in [4.78, 5) is 95.9. The van der Waals surface area contributed by atoms with Crippen molar-refractivity contribution in [3.8, 4) is 11.5 Å². The number of halogens is 7. The molecule has 2 saturated heterocycles. The second kappa shape index (κ2) is 30.5. The van der Waals surface area contributed by atoms with Crippen LogP contribution in [0.15, 0.2) is 60.7 Å². The summed E-state index contributed by atoms with van der Waals surface area (Å²) in [6.07, 6.45) is -2.79. The summed E-state index contributed by atoms with van der Waals surface area (Å²) in [5.41, 5.74) is 8.52. The Morgan fingerprint density at radius 3 is 1.41 bits per heavy atom. The van der Waals surface area contributed by atoms with Crippen LogP contribution in [0.5, 0.6) is 11.5 Å². The number of hydrogen-bond donors (Lipinski definition) is 4. The highest BCUT2D eigenvalue weighted by Gasteiger charge is 2.41. The molecule has 4 aromatic rings. The SMILES string of the molecule is CC(C)C(Oc1ccc2c(c1)CN(C(=O)C1SCCN1C(=O)C[C@@H](Cc1cc(F)c(F)cc1F)NC(=O)OC(C)(C)C)CC2)C(=O)O.CC(C)C(Oc1ccc2c(c1)CN(C(=O)C1SCCN1C(=O)C[C@H](N)Cc1cc(F)c(F)cc1F)CC2)C(=O)O.Cl. The number of carboxylic acids is 2. The Hall–Kier alpha value is -6.90. The molecule has 4 unspecified atom stereocenters. The molecule has 2 fully saturated rings. The molecule has 4 heterocycles. The summed E-state index contributed by atoms with van der Waals surface area (Å²) in [6, 6.07) is 11.1. The first-order chi connectivity index (χ1) is 41.0. The second-order valence-electron chi connectivity index (χ2n) is 23.4. The lowest BCUT2D eigenvalue weighted by Gasteiger charge is -2.34. The van der Waals surface area contributed by atoms with Crippen molar-refractivity contribution in [3.63, 3.8) is 0 Å². The average Bonchev–Trinajstić information content (AvgIpc) is 4.30. The number of alkyl carbamates (subject to hydrolysis) is 1. The third kappa shape index (κ3) is 18.4. The molecular weight excluding hydrogens is 1220 g/mol. The molecule has 0 aliphatic carbocycles. The van der Waals surface area contributed by atoms with Crippen LogP contribution in [0, 0.1) is 46.7 Å². The van der Waals surface area contributed by atoms with E-state index in [9.17, 15) is 70.1 Å². The first-order valence-corrected chi connectivity index (χ1v) is 30.5. The van der Waals surface area contributed by atoms with E-state index in [0.29, 0.717) is 80.2 Å². The number of nitrogens with one attached hydrogen (secondary N) is 1. The molecule has 88 heavy (non-hydrogen) atoms. The number of hydrogen-bond acceptors (Lipinski definition) is 13. The van der Waals surface area contributed by atoms with Gasteiger partial charge in [0.25, 0.3) is 11.8 Å². The summed E-state index contributed by atoms with van der Waals surface area (Å²) < 4.78 is 99.6. The molecule has 0 radical (unpaired) electrons. The lowest BCUT2D eigenvalue weighted by molar-refractivity contribution is -0.148. The highest BCUT2D eigenvalue weighted by molar-refractivity contribution is 8.01. The number of amides is 5. The Morgan fingerprint density at radius 1 is 0.591 bits per heavy atom. The number of thioether (sulfide) groups is 2. The number of carbonyl (C=O) groups is 7. The molecular formula is C61H73ClF6N6O12S2. The monoisotopic (exact) mass is 1290 g/mol. The fourth-order valence-corrected chi connectivity index (χ4v) is 12.8. The Balaban J connectivity index is 0.000000281. The van der Waals surface area contributed by atoms with Crippen molar-refractivity contribution in [1.82, 2.24) is 24.9 Å². The van der Waals surface area contributed by atoms with Crippen LogP contribution in [0.3, 0.4) is 0 Å². The summed E-state index contributed by atoms with van der Waals surface area (Å²) >= 11 is 2.65. The molecule has 0 bridgehead atoms. The van der Waals surface area contributed by atoms with Crippen LogP contribution < -0.4 is 20.5 Å². The van der Waals surface area contributed by atoms with Gasteiger partial charge < -0.3 is 55.1 Å². The van der Waals surface area contributed by atoms with Gasteiger partial charge in [-0.2, -0.15) is 0 Å². The zero-order valence-electron chi connectivity index (χ0n) is 49.6. The molecule has 6 atom stereocenters. The zero-order valence-corrected chi connectivity index (χ0v) is 52.1. The quantitative estimate of drug-likeness (QED) is 0.0507. The molecule has 4 aromatic carbocycles. The van der Waals surface area contributed by atoms with Crippen molar-refractivity contribution >= 4 is 77.6 Å². The van der Waals surface area contributed by atoms with Gasteiger partial charge in [0.05, 0.1) is 0 Å². The van der Waals surface area contributed by atoms with Gasteiger partial charge in [-0.1, -0.05) is 39.8 Å².